The van der Waals surface area contributed by atoms with E-state index in [9.17, 15) is 35.9 Å². The second kappa shape index (κ2) is 8.36. The van der Waals surface area contributed by atoms with Crippen molar-refractivity contribution in [3.05, 3.63) is 58.7 Å². The number of nitrogens with one attached hydrogen (secondary N) is 2. The summed E-state index contributed by atoms with van der Waals surface area (Å²) in [5.74, 6) is -0.267. The molecule has 5 nitrogen and oxygen atoms in total. The van der Waals surface area contributed by atoms with Gasteiger partial charge in [0.2, 0.25) is 5.91 Å². The third kappa shape index (κ3) is 5.32. The van der Waals surface area contributed by atoms with Crippen molar-refractivity contribution in [2.24, 2.45) is 0 Å². The number of carbonyl (C=O) groups excluding carboxylic acids is 2. The fraction of sp³-hybridized carbons (Fsp3) is 0.333. The molecule has 1 heterocycles. The molecule has 32 heavy (non-hydrogen) atoms. The lowest BCUT2D eigenvalue weighted by atomic mass is 10.1. The van der Waals surface area contributed by atoms with E-state index in [2.05, 4.69) is 5.32 Å². The van der Waals surface area contributed by atoms with Crippen LogP contribution in [0, 0.1) is 13.8 Å². The fourth-order valence-corrected chi connectivity index (χ4v) is 3.33. The number of benzene rings is 2. The Bertz CT molecular complexity index is 1020. The van der Waals surface area contributed by atoms with Gasteiger partial charge in [-0.15, -0.1) is 0 Å². The van der Waals surface area contributed by atoms with E-state index in [-0.39, 0.29) is 24.9 Å². The van der Waals surface area contributed by atoms with Gasteiger partial charge in [0.1, 0.15) is 0 Å². The fourth-order valence-electron chi connectivity index (χ4n) is 3.33. The van der Waals surface area contributed by atoms with Crippen molar-refractivity contribution in [1.29, 1.82) is 0 Å². The molecule has 0 radical (unpaired) electrons. The second-order valence-electron chi connectivity index (χ2n) is 7.57. The van der Waals surface area contributed by atoms with Gasteiger partial charge < -0.3 is 15.5 Å². The molecule has 2 N–H and O–H groups in total. The van der Waals surface area contributed by atoms with Crippen LogP contribution >= 0.6 is 0 Å². The number of rotatable bonds is 3. The first-order chi connectivity index (χ1) is 14.7. The smallest absolute Gasteiger partial charge is 0.333 e. The molecular weight excluding hydrogens is 440 g/mol. The van der Waals surface area contributed by atoms with Crippen molar-refractivity contribution in [3.8, 4) is 0 Å². The first-order valence-corrected chi connectivity index (χ1v) is 9.48. The average molecular weight is 459 g/mol. The number of amides is 3. The van der Waals surface area contributed by atoms with Gasteiger partial charge in [0, 0.05) is 24.3 Å². The minimum Gasteiger partial charge on any atom is -0.333 e. The Morgan fingerprint density at radius 1 is 0.938 bits per heavy atom. The molecule has 1 saturated heterocycles. The summed E-state index contributed by atoms with van der Waals surface area (Å²) >= 11 is 0. The minimum atomic E-state index is -5.03. The molecule has 1 unspecified atom stereocenters. The maximum Gasteiger partial charge on any atom is 0.416 e. The SMILES string of the molecule is Cc1ccc(N2CC(NC(=O)Nc3cc(C(F)(F)F)cc(C(F)(F)F)c3)CC2=O)cc1C. The lowest BCUT2D eigenvalue weighted by molar-refractivity contribution is -0.143. The van der Waals surface area contributed by atoms with Crippen molar-refractivity contribution in [2.45, 2.75) is 38.7 Å². The van der Waals surface area contributed by atoms with Crippen LogP contribution in [0.5, 0.6) is 0 Å². The van der Waals surface area contributed by atoms with E-state index in [4.69, 9.17) is 0 Å². The monoisotopic (exact) mass is 459 g/mol. The Balaban J connectivity index is 1.72. The first kappa shape index (κ1) is 23.4. The van der Waals surface area contributed by atoms with Gasteiger partial charge in [-0.25, -0.2) is 4.79 Å². The summed E-state index contributed by atoms with van der Waals surface area (Å²) in [6, 6.07) is 4.53. The molecule has 1 atom stereocenters. The number of aryl methyl sites for hydroxylation is 2. The molecule has 0 aliphatic carbocycles. The lowest BCUT2D eigenvalue weighted by Crippen LogP contribution is -2.39. The van der Waals surface area contributed by atoms with Crippen molar-refractivity contribution < 1.29 is 35.9 Å². The third-order valence-corrected chi connectivity index (χ3v) is 5.11. The van der Waals surface area contributed by atoms with Crippen molar-refractivity contribution in [2.75, 3.05) is 16.8 Å². The number of nitrogens with zero attached hydrogens (tertiary/aromatic N) is 1. The van der Waals surface area contributed by atoms with Gasteiger partial charge in [-0.3, -0.25) is 4.79 Å². The van der Waals surface area contributed by atoms with Crippen LogP contribution < -0.4 is 15.5 Å². The van der Waals surface area contributed by atoms with Gasteiger partial charge in [-0.2, -0.15) is 26.3 Å². The number of hydrogen-bond acceptors (Lipinski definition) is 2. The largest absolute Gasteiger partial charge is 0.416 e. The van der Waals surface area contributed by atoms with Crippen LogP contribution in [0.1, 0.15) is 28.7 Å². The van der Waals surface area contributed by atoms with Crippen LogP contribution in [-0.2, 0) is 17.1 Å². The van der Waals surface area contributed by atoms with Crippen molar-refractivity contribution in [3.63, 3.8) is 0 Å². The summed E-state index contributed by atoms with van der Waals surface area (Å²) in [4.78, 5) is 26.0. The number of alkyl halides is 6. The summed E-state index contributed by atoms with van der Waals surface area (Å²) in [5, 5.41) is 4.42. The highest BCUT2D eigenvalue weighted by Crippen LogP contribution is 2.37. The highest BCUT2D eigenvalue weighted by Gasteiger charge is 2.37. The van der Waals surface area contributed by atoms with Crippen molar-refractivity contribution >= 4 is 23.3 Å². The van der Waals surface area contributed by atoms with Crippen LogP contribution in [0.3, 0.4) is 0 Å². The molecule has 1 fully saturated rings. The van der Waals surface area contributed by atoms with Gasteiger partial charge in [0.15, 0.2) is 0 Å². The van der Waals surface area contributed by atoms with E-state index in [0.29, 0.717) is 17.8 Å². The standard InChI is InChI=1S/C21H19F6N3O2/c1-11-3-4-17(5-12(11)2)30-10-16(9-18(30)31)29-19(32)28-15-7-13(20(22,23)24)6-14(8-15)21(25,26)27/h3-8,16H,9-10H2,1-2H3,(H2,28,29,32). The Morgan fingerprint density at radius 2 is 1.53 bits per heavy atom. The van der Waals surface area contributed by atoms with Gasteiger partial charge in [-0.05, 0) is 55.3 Å². The summed E-state index contributed by atoms with van der Waals surface area (Å²) < 4.78 is 77.8. The summed E-state index contributed by atoms with van der Waals surface area (Å²) in [5.41, 5.74) is -1.11. The van der Waals surface area contributed by atoms with E-state index in [1.807, 2.05) is 31.3 Å². The van der Waals surface area contributed by atoms with Gasteiger partial charge in [0.25, 0.3) is 0 Å². The molecule has 1 aliphatic rings. The topological polar surface area (TPSA) is 61.4 Å². The van der Waals surface area contributed by atoms with Crippen LogP contribution in [0.2, 0.25) is 0 Å². The summed E-state index contributed by atoms with van der Waals surface area (Å²) in [6.45, 7) is 3.91. The highest BCUT2D eigenvalue weighted by atomic mass is 19.4. The zero-order valence-corrected chi connectivity index (χ0v) is 17.0. The first-order valence-electron chi connectivity index (χ1n) is 9.48. The van der Waals surface area contributed by atoms with E-state index in [0.717, 1.165) is 11.1 Å². The summed E-state index contributed by atoms with van der Waals surface area (Å²) in [6.07, 6.45) is -10.1. The predicted octanol–water partition coefficient (Wildman–Crippen LogP) is 5.27. The molecule has 2 aromatic rings. The van der Waals surface area contributed by atoms with Crippen molar-refractivity contribution in [1.82, 2.24) is 5.32 Å². The maximum atomic E-state index is 13.0. The van der Waals surface area contributed by atoms with E-state index in [1.54, 1.807) is 6.07 Å². The molecule has 172 valence electrons. The van der Waals surface area contributed by atoms with E-state index < -0.39 is 41.2 Å². The number of carbonyl (C=O) groups is 2. The number of halogens is 6. The van der Waals surface area contributed by atoms with Crippen LogP contribution in [-0.4, -0.2) is 24.5 Å². The van der Waals surface area contributed by atoms with Gasteiger partial charge >= 0.3 is 18.4 Å². The zero-order chi connectivity index (χ0) is 23.8. The molecule has 2 aromatic carbocycles. The molecule has 0 saturated carbocycles. The highest BCUT2D eigenvalue weighted by molar-refractivity contribution is 5.97. The average Bonchev–Trinajstić information content (AvgIpc) is 3.02. The molecule has 3 rings (SSSR count). The number of anilines is 2. The minimum absolute atomic E-state index is 0.0276. The number of hydrogen-bond donors (Lipinski definition) is 2. The van der Waals surface area contributed by atoms with Crippen LogP contribution in [0.4, 0.5) is 42.5 Å². The van der Waals surface area contributed by atoms with Crippen LogP contribution in [0.15, 0.2) is 36.4 Å². The second-order valence-corrected chi connectivity index (χ2v) is 7.57. The Hall–Kier alpha value is -3.24. The summed E-state index contributed by atoms with van der Waals surface area (Å²) in [7, 11) is 0. The predicted molar refractivity (Wildman–Crippen MR) is 105 cm³/mol. The lowest BCUT2D eigenvalue weighted by Gasteiger charge is -2.19. The Labute approximate surface area is 179 Å². The zero-order valence-electron chi connectivity index (χ0n) is 17.0. The molecule has 1 aliphatic heterocycles. The normalized spacial score (nSPS) is 16.9. The Morgan fingerprint density at radius 3 is 2.06 bits per heavy atom. The van der Waals surface area contributed by atoms with E-state index >= 15 is 0 Å². The molecular formula is C21H19F6N3O2. The molecule has 0 bridgehead atoms. The Kier molecular flexibility index (Phi) is 6.12. The van der Waals surface area contributed by atoms with Crippen LogP contribution in [0.25, 0.3) is 0 Å². The molecule has 3 amide bonds. The third-order valence-electron chi connectivity index (χ3n) is 5.11. The van der Waals surface area contributed by atoms with Gasteiger partial charge in [-0.1, -0.05) is 6.07 Å². The van der Waals surface area contributed by atoms with Gasteiger partial charge in [0.05, 0.1) is 17.2 Å². The van der Waals surface area contributed by atoms with E-state index in [1.165, 1.54) is 4.90 Å². The number of urea groups is 1. The molecule has 0 spiro atoms. The molecule has 11 heteroatoms. The molecule has 0 aromatic heterocycles. The quantitative estimate of drug-likeness (QED) is 0.615. The maximum absolute atomic E-state index is 13.0.